The summed E-state index contributed by atoms with van der Waals surface area (Å²) >= 11 is 0. The summed E-state index contributed by atoms with van der Waals surface area (Å²) in [6, 6.07) is 3.17. The summed E-state index contributed by atoms with van der Waals surface area (Å²) in [4.78, 5) is 47.8. The second-order valence-corrected chi connectivity index (χ2v) is 9.68. The molecular formula is C25H36FN5O3. The fourth-order valence-corrected chi connectivity index (χ4v) is 4.26. The fraction of sp³-hybridized carbons (Fsp3) is 0.600. The van der Waals surface area contributed by atoms with Gasteiger partial charge >= 0.3 is 0 Å². The number of aromatic amines is 1. The number of carbonyl (C=O) groups is 3. The third-order valence-electron chi connectivity index (χ3n) is 6.35. The van der Waals surface area contributed by atoms with Gasteiger partial charge in [0.2, 0.25) is 17.7 Å². The van der Waals surface area contributed by atoms with Crippen LogP contribution in [0, 0.1) is 11.7 Å². The lowest BCUT2D eigenvalue weighted by Gasteiger charge is -2.34. The lowest BCUT2D eigenvalue weighted by Crippen LogP contribution is -2.51. The van der Waals surface area contributed by atoms with Gasteiger partial charge in [-0.25, -0.2) is 9.37 Å². The zero-order valence-electron chi connectivity index (χ0n) is 20.5. The van der Waals surface area contributed by atoms with Crippen molar-refractivity contribution in [2.24, 2.45) is 5.92 Å². The highest BCUT2D eigenvalue weighted by atomic mass is 19.1. The Morgan fingerprint density at radius 3 is 2.65 bits per heavy atom. The molecule has 2 heterocycles. The van der Waals surface area contributed by atoms with E-state index in [2.05, 4.69) is 20.6 Å². The molecular weight excluding hydrogens is 437 g/mol. The van der Waals surface area contributed by atoms with Crippen LogP contribution < -0.4 is 10.6 Å². The van der Waals surface area contributed by atoms with Gasteiger partial charge in [0.15, 0.2) is 5.82 Å². The normalized spacial score (nSPS) is 18.1. The number of halogens is 1. The molecule has 0 aliphatic carbocycles. The van der Waals surface area contributed by atoms with Crippen LogP contribution in [0.5, 0.6) is 0 Å². The number of imidazole rings is 1. The third-order valence-corrected chi connectivity index (χ3v) is 6.35. The molecule has 0 radical (unpaired) electrons. The van der Waals surface area contributed by atoms with Crippen molar-refractivity contribution >= 4 is 28.8 Å². The van der Waals surface area contributed by atoms with E-state index in [0.29, 0.717) is 30.2 Å². The topological polar surface area (TPSA) is 107 Å². The van der Waals surface area contributed by atoms with Gasteiger partial charge in [-0.15, -0.1) is 0 Å². The van der Waals surface area contributed by atoms with Gasteiger partial charge in [-0.2, -0.15) is 0 Å². The zero-order valence-corrected chi connectivity index (χ0v) is 20.5. The molecule has 9 heteroatoms. The highest BCUT2D eigenvalue weighted by Crippen LogP contribution is 2.20. The van der Waals surface area contributed by atoms with Crippen molar-refractivity contribution in [1.82, 2.24) is 25.5 Å². The number of hydrogen-bond donors (Lipinski definition) is 3. The number of aromatic nitrogens is 2. The summed E-state index contributed by atoms with van der Waals surface area (Å²) in [7, 11) is 0. The van der Waals surface area contributed by atoms with Crippen LogP contribution in [0.4, 0.5) is 4.39 Å². The summed E-state index contributed by atoms with van der Waals surface area (Å²) in [6.07, 6.45) is 3.82. The number of rotatable bonds is 9. The largest absolute Gasteiger partial charge is 0.345 e. The molecule has 2 aromatic rings. The number of piperidine rings is 1. The van der Waals surface area contributed by atoms with Crippen molar-refractivity contribution in [3.8, 4) is 0 Å². The number of hydrogen-bond acceptors (Lipinski definition) is 4. The lowest BCUT2D eigenvalue weighted by molar-refractivity contribution is -0.138. The van der Waals surface area contributed by atoms with Crippen LogP contribution in [0.2, 0.25) is 0 Å². The second-order valence-electron chi connectivity index (χ2n) is 9.68. The summed E-state index contributed by atoms with van der Waals surface area (Å²) < 4.78 is 14.0. The first kappa shape index (κ1) is 25.6. The smallest absolute Gasteiger partial charge is 0.243 e. The Hall–Kier alpha value is -2.97. The number of H-pyrrole nitrogens is 1. The van der Waals surface area contributed by atoms with Crippen LogP contribution in [0.15, 0.2) is 18.2 Å². The molecule has 1 saturated heterocycles. The molecule has 0 saturated carbocycles. The van der Waals surface area contributed by atoms with E-state index in [0.717, 1.165) is 19.3 Å². The zero-order chi connectivity index (χ0) is 24.8. The van der Waals surface area contributed by atoms with Crippen molar-refractivity contribution in [3.63, 3.8) is 0 Å². The van der Waals surface area contributed by atoms with Crippen LogP contribution >= 0.6 is 0 Å². The number of nitrogens with zero attached hydrogens (tertiary/aromatic N) is 2. The molecule has 186 valence electrons. The molecule has 3 rings (SSSR count). The van der Waals surface area contributed by atoms with Crippen LogP contribution in [0.3, 0.4) is 0 Å². The molecule has 3 N–H and O–H groups in total. The average Bonchev–Trinajstić information content (AvgIpc) is 3.23. The molecule has 1 aromatic heterocycles. The standard InChI is InChI=1S/C25H36FN5O3/c1-15(2)11-12-21(32)28-20(14-22(33)31-13-6-5-8-16(31)3)25(34)27-17(4)24-29-19-10-7-9-18(26)23(19)30-24/h7,9-10,15-17,20H,5-6,8,11-14H2,1-4H3,(H,27,34)(H,28,32)(H,29,30)/t16-,17-,20-/m0/s1. The predicted octanol–water partition coefficient (Wildman–Crippen LogP) is 3.59. The third kappa shape index (κ3) is 6.55. The minimum atomic E-state index is -0.996. The van der Waals surface area contributed by atoms with Crippen molar-refractivity contribution in [2.45, 2.75) is 84.3 Å². The maximum Gasteiger partial charge on any atom is 0.243 e. The molecule has 0 bridgehead atoms. The Morgan fingerprint density at radius 1 is 1.21 bits per heavy atom. The van der Waals surface area contributed by atoms with E-state index in [1.54, 1.807) is 24.0 Å². The maximum atomic E-state index is 14.0. The minimum absolute atomic E-state index is 0.106. The Balaban J connectivity index is 1.71. The van der Waals surface area contributed by atoms with Gasteiger partial charge in [0, 0.05) is 19.0 Å². The molecule has 1 aliphatic rings. The van der Waals surface area contributed by atoms with Gasteiger partial charge in [-0.3, -0.25) is 14.4 Å². The van der Waals surface area contributed by atoms with E-state index < -0.39 is 23.8 Å². The van der Waals surface area contributed by atoms with Gasteiger partial charge in [0.1, 0.15) is 17.4 Å². The molecule has 8 nitrogen and oxygen atoms in total. The number of nitrogens with one attached hydrogen (secondary N) is 3. The number of benzene rings is 1. The highest BCUT2D eigenvalue weighted by Gasteiger charge is 2.30. The molecule has 1 fully saturated rings. The molecule has 3 atom stereocenters. The van der Waals surface area contributed by atoms with Crippen LogP contribution in [-0.2, 0) is 14.4 Å². The van der Waals surface area contributed by atoms with Crippen molar-refractivity contribution in [1.29, 1.82) is 0 Å². The SMILES string of the molecule is CC(C)CCC(=O)N[C@@H](CC(=O)N1CCCC[C@@H]1C)C(=O)N[C@@H](C)c1nc2c(F)cccc2[nH]1. The van der Waals surface area contributed by atoms with Crippen molar-refractivity contribution < 1.29 is 18.8 Å². The number of fused-ring (bicyclic) bond motifs is 1. The molecule has 0 unspecified atom stereocenters. The summed E-state index contributed by atoms with van der Waals surface area (Å²) in [5.74, 6) is -0.571. The van der Waals surface area contributed by atoms with E-state index in [4.69, 9.17) is 0 Å². The van der Waals surface area contributed by atoms with Gasteiger partial charge in [-0.05, 0) is 57.6 Å². The van der Waals surface area contributed by atoms with Crippen molar-refractivity contribution in [2.75, 3.05) is 6.54 Å². The average molecular weight is 474 g/mol. The number of amides is 3. The molecule has 3 amide bonds. The number of para-hydroxylation sites is 1. The van der Waals surface area contributed by atoms with Crippen LogP contribution in [-0.4, -0.2) is 51.2 Å². The predicted molar refractivity (Wildman–Crippen MR) is 128 cm³/mol. The van der Waals surface area contributed by atoms with E-state index in [9.17, 15) is 18.8 Å². The quantitative estimate of drug-likeness (QED) is 0.517. The first-order chi connectivity index (χ1) is 16.2. The van der Waals surface area contributed by atoms with Crippen LogP contribution in [0.1, 0.15) is 78.1 Å². The van der Waals surface area contributed by atoms with Gasteiger partial charge in [0.05, 0.1) is 18.0 Å². The first-order valence-electron chi connectivity index (χ1n) is 12.2. The maximum absolute atomic E-state index is 14.0. The molecule has 0 spiro atoms. The van der Waals surface area contributed by atoms with E-state index in [1.807, 2.05) is 20.8 Å². The van der Waals surface area contributed by atoms with Gasteiger partial charge in [0.25, 0.3) is 0 Å². The lowest BCUT2D eigenvalue weighted by atomic mass is 10.0. The number of carbonyl (C=O) groups excluding carboxylic acids is 3. The van der Waals surface area contributed by atoms with Gasteiger partial charge in [-0.1, -0.05) is 19.9 Å². The van der Waals surface area contributed by atoms with E-state index in [-0.39, 0.29) is 36.2 Å². The summed E-state index contributed by atoms with van der Waals surface area (Å²) in [5.41, 5.74) is 0.732. The van der Waals surface area contributed by atoms with Crippen LogP contribution in [0.25, 0.3) is 11.0 Å². The Kier molecular flexibility index (Phi) is 8.63. The second kappa shape index (κ2) is 11.4. The van der Waals surface area contributed by atoms with E-state index >= 15 is 0 Å². The highest BCUT2D eigenvalue weighted by molar-refractivity contribution is 5.92. The van der Waals surface area contributed by atoms with Gasteiger partial charge < -0.3 is 20.5 Å². The minimum Gasteiger partial charge on any atom is -0.345 e. The molecule has 1 aliphatic heterocycles. The Bertz CT molecular complexity index is 1020. The number of likely N-dealkylation sites (tertiary alicyclic amines) is 1. The monoisotopic (exact) mass is 473 g/mol. The molecule has 1 aromatic carbocycles. The summed E-state index contributed by atoms with van der Waals surface area (Å²) in [5, 5.41) is 5.59. The fourth-order valence-electron chi connectivity index (χ4n) is 4.26. The first-order valence-corrected chi connectivity index (χ1v) is 12.2. The Labute approximate surface area is 200 Å². The van der Waals surface area contributed by atoms with E-state index in [1.165, 1.54) is 6.07 Å². The Morgan fingerprint density at radius 2 is 1.97 bits per heavy atom. The summed E-state index contributed by atoms with van der Waals surface area (Å²) in [6.45, 7) is 8.44. The van der Waals surface area contributed by atoms with Crippen molar-refractivity contribution in [3.05, 3.63) is 29.8 Å². The molecule has 34 heavy (non-hydrogen) atoms.